The minimum absolute atomic E-state index is 0. The monoisotopic (exact) mass is 505 g/mol. The Hall–Kier alpha value is -1.43. The van der Waals surface area contributed by atoms with Crippen molar-refractivity contribution in [3.63, 3.8) is 0 Å². The molecule has 1 aliphatic heterocycles. The van der Waals surface area contributed by atoms with Gasteiger partial charge in [0, 0.05) is 38.0 Å². The van der Waals surface area contributed by atoms with Crippen molar-refractivity contribution in [2.75, 3.05) is 13.6 Å². The van der Waals surface area contributed by atoms with Crippen molar-refractivity contribution in [3.8, 4) is 0 Å². The summed E-state index contributed by atoms with van der Waals surface area (Å²) >= 11 is 1.70. The van der Waals surface area contributed by atoms with Gasteiger partial charge < -0.3 is 10.6 Å². The van der Waals surface area contributed by atoms with Gasteiger partial charge in [0.25, 0.3) is 0 Å². The Morgan fingerprint density at radius 3 is 2.78 bits per heavy atom. The maximum absolute atomic E-state index is 12.3. The van der Waals surface area contributed by atoms with Crippen LogP contribution in [-0.4, -0.2) is 38.9 Å². The molecule has 8 nitrogen and oxygen atoms in total. The fourth-order valence-electron chi connectivity index (χ4n) is 3.02. The van der Waals surface area contributed by atoms with Crippen molar-refractivity contribution in [2.45, 2.75) is 59.2 Å². The maximum atomic E-state index is 12.3. The van der Waals surface area contributed by atoms with Crippen LogP contribution in [0.1, 0.15) is 40.7 Å². The van der Waals surface area contributed by atoms with Gasteiger partial charge in [-0.15, -0.1) is 35.3 Å². The SMILES string of the molecule is CN=C(NCCCn1nc2n(c1=O)CCCC2)NCc1nc(C)c(C)s1.I. The Balaban J connectivity index is 0.00000261. The van der Waals surface area contributed by atoms with Crippen LogP contribution in [0.4, 0.5) is 0 Å². The third kappa shape index (κ3) is 5.53. The zero-order valence-electron chi connectivity index (χ0n) is 16.1. The van der Waals surface area contributed by atoms with Gasteiger partial charge in [0.2, 0.25) is 0 Å². The summed E-state index contributed by atoms with van der Waals surface area (Å²) < 4.78 is 3.41. The summed E-state index contributed by atoms with van der Waals surface area (Å²) in [4.78, 5) is 22.3. The normalized spacial score (nSPS) is 13.8. The molecular weight excluding hydrogens is 477 g/mol. The van der Waals surface area contributed by atoms with Crippen LogP contribution in [0.15, 0.2) is 9.79 Å². The number of nitrogens with zero attached hydrogens (tertiary/aromatic N) is 5. The van der Waals surface area contributed by atoms with E-state index in [1.54, 1.807) is 23.1 Å². The van der Waals surface area contributed by atoms with Gasteiger partial charge in [0.1, 0.15) is 10.8 Å². The molecule has 0 spiro atoms. The molecule has 2 N–H and O–H groups in total. The van der Waals surface area contributed by atoms with Crippen molar-refractivity contribution in [1.29, 1.82) is 0 Å². The highest BCUT2D eigenvalue weighted by Gasteiger charge is 2.16. The molecule has 2 aromatic rings. The number of aromatic nitrogens is 4. The van der Waals surface area contributed by atoms with Crippen LogP contribution < -0.4 is 16.3 Å². The lowest BCUT2D eigenvalue weighted by atomic mass is 10.2. The number of hydrogen-bond donors (Lipinski definition) is 2. The first kappa shape index (κ1) is 21.9. The van der Waals surface area contributed by atoms with Gasteiger partial charge in [0.05, 0.1) is 12.2 Å². The first-order valence-electron chi connectivity index (χ1n) is 9.12. The zero-order chi connectivity index (χ0) is 18.5. The topological polar surface area (TPSA) is 89.1 Å². The highest BCUT2D eigenvalue weighted by atomic mass is 127. The maximum Gasteiger partial charge on any atom is 0.345 e. The van der Waals surface area contributed by atoms with Crippen LogP contribution in [0, 0.1) is 13.8 Å². The molecule has 0 saturated heterocycles. The predicted molar refractivity (Wildman–Crippen MR) is 119 cm³/mol. The van der Waals surface area contributed by atoms with Crippen molar-refractivity contribution in [3.05, 3.63) is 31.9 Å². The Kier molecular flexibility index (Phi) is 8.27. The molecule has 0 atom stereocenters. The molecule has 3 rings (SSSR count). The van der Waals surface area contributed by atoms with E-state index in [0.29, 0.717) is 13.1 Å². The van der Waals surface area contributed by atoms with Crippen molar-refractivity contribution in [2.24, 2.45) is 4.99 Å². The second-order valence-electron chi connectivity index (χ2n) is 6.49. The summed E-state index contributed by atoms with van der Waals surface area (Å²) in [5.74, 6) is 1.67. The molecule has 1 aliphatic rings. The molecule has 0 aromatic carbocycles. The fourth-order valence-corrected chi connectivity index (χ4v) is 3.90. The molecule has 0 bridgehead atoms. The quantitative estimate of drug-likeness (QED) is 0.271. The van der Waals surface area contributed by atoms with E-state index in [4.69, 9.17) is 0 Å². The van der Waals surface area contributed by atoms with Gasteiger partial charge in [-0.05, 0) is 33.1 Å². The minimum Gasteiger partial charge on any atom is -0.356 e. The third-order valence-electron chi connectivity index (χ3n) is 4.57. The lowest BCUT2D eigenvalue weighted by molar-refractivity contribution is 0.509. The summed E-state index contributed by atoms with van der Waals surface area (Å²) in [6.45, 7) is 6.92. The first-order chi connectivity index (χ1) is 12.6. The highest BCUT2D eigenvalue weighted by molar-refractivity contribution is 14.0. The van der Waals surface area contributed by atoms with Gasteiger partial charge in [-0.3, -0.25) is 9.56 Å². The number of thiazole rings is 1. The Morgan fingerprint density at radius 2 is 2.11 bits per heavy atom. The van der Waals surface area contributed by atoms with E-state index in [2.05, 4.69) is 32.6 Å². The van der Waals surface area contributed by atoms with Crippen LogP contribution in [0.5, 0.6) is 0 Å². The average molecular weight is 505 g/mol. The number of rotatable bonds is 6. The number of guanidine groups is 1. The standard InChI is InChI=1S/C17H27N7OS.HI/c1-12-13(2)26-15(21-12)11-20-16(18-3)19-8-6-10-24-17(25)23-9-5-4-7-14(23)22-24;/h4-11H2,1-3H3,(H2,18,19,20);1H. The molecule has 3 heterocycles. The first-order valence-corrected chi connectivity index (χ1v) is 9.94. The highest BCUT2D eigenvalue weighted by Crippen LogP contribution is 2.15. The summed E-state index contributed by atoms with van der Waals surface area (Å²) in [6, 6.07) is 0. The molecule has 2 aromatic heterocycles. The largest absolute Gasteiger partial charge is 0.356 e. The fraction of sp³-hybridized carbons (Fsp3) is 0.647. The van der Waals surface area contributed by atoms with E-state index in [1.807, 2.05) is 11.5 Å². The van der Waals surface area contributed by atoms with Crippen LogP contribution in [0.2, 0.25) is 0 Å². The molecule has 0 saturated carbocycles. The Morgan fingerprint density at radius 1 is 1.30 bits per heavy atom. The summed E-state index contributed by atoms with van der Waals surface area (Å²) in [6.07, 6.45) is 3.91. The van der Waals surface area contributed by atoms with Crippen molar-refractivity contribution in [1.82, 2.24) is 30.0 Å². The molecule has 27 heavy (non-hydrogen) atoms. The van der Waals surface area contributed by atoms with E-state index in [-0.39, 0.29) is 29.7 Å². The van der Waals surface area contributed by atoms with Crippen LogP contribution in [0.3, 0.4) is 0 Å². The molecule has 150 valence electrons. The van der Waals surface area contributed by atoms with Crippen LogP contribution in [0.25, 0.3) is 0 Å². The summed E-state index contributed by atoms with van der Waals surface area (Å²) in [5, 5.41) is 12.1. The lowest BCUT2D eigenvalue weighted by Gasteiger charge is -2.10. The zero-order valence-corrected chi connectivity index (χ0v) is 19.3. The van der Waals surface area contributed by atoms with Gasteiger partial charge in [-0.2, -0.15) is 5.10 Å². The van der Waals surface area contributed by atoms with Gasteiger partial charge in [0.15, 0.2) is 5.96 Å². The molecule has 0 aliphatic carbocycles. The molecular formula is C17H28IN7OS. The van der Waals surface area contributed by atoms with E-state index < -0.39 is 0 Å². The second-order valence-corrected chi connectivity index (χ2v) is 7.77. The van der Waals surface area contributed by atoms with Gasteiger partial charge in [-0.25, -0.2) is 14.5 Å². The Labute approximate surface area is 180 Å². The molecule has 0 amide bonds. The smallest absolute Gasteiger partial charge is 0.345 e. The number of halogens is 1. The number of fused-ring (bicyclic) bond motifs is 1. The molecule has 0 fully saturated rings. The molecule has 10 heteroatoms. The van der Waals surface area contributed by atoms with E-state index in [0.717, 1.165) is 61.3 Å². The summed E-state index contributed by atoms with van der Waals surface area (Å²) in [5.41, 5.74) is 1.11. The average Bonchev–Trinajstić information content (AvgIpc) is 3.14. The number of nitrogens with one attached hydrogen (secondary N) is 2. The predicted octanol–water partition coefficient (Wildman–Crippen LogP) is 1.83. The Bertz CT molecular complexity index is 819. The number of aryl methyl sites for hydroxylation is 4. The van der Waals surface area contributed by atoms with E-state index >= 15 is 0 Å². The van der Waals surface area contributed by atoms with E-state index in [1.165, 1.54) is 4.88 Å². The van der Waals surface area contributed by atoms with E-state index in [9.17, 15) is 4.79 Å². The van der Waals surface area contributed by atoms with Crippen molar-refractivity contribution >= 4 is 41.3 Å². The second kappa shape index (κ2) is 10.2. The number of aliphatic imine (C=N–C) groups is 1. The van der Waals surface area contributed by atoms with Crippen molar-refractivity contribution < 1.29 is 0 Å². The third-order valence-corrected chi connectivity index (χ3v) is 5.65. The lowest BCUT2D eigenvalue weighted by Crippen LogP contribution is -2.37. The van der Waals surface area contributed by atoms with Crippen LogP contribution in [-0.2, 0) is 26.1 Å². The van der Waals surface area contributed by atoms with Crippen LogP contribution >= 0.6 is 35.3 Å². The minimum atomic E-state index is 0. The molecule has 0 radical (unpaired) electrons. The number of hydrogen-bond acceptors (Lipinski definition) is 5. The summed E-state index contributed by atoms with van der Waals surface area (Å²) in [7, 11) is 1.75. The molecule has 0 unspecified atom stereocenters. The van der Waals surface area contributed by atoms with Gasteiger partial charge in [-0.1, -0.05) is 0 Å². The van der Waals surface area contributed by atoms with Gasteiger partial charge >= 0.3 is 5.69 Å².